The summed E-state index contributed by atoms with van der Waals surface area (Å²) in [5.41, 5.74) is 3.49. The van der Waals surface area contributed by atoms with Crippen LogP contribution in [0.1, 0.15) is 0 Å². The summed E-state index contributed by atoms with van der Waals surface area (Å²) < 4.78 is 12.3. The maximum atomic E-state index is 6.17. The van der Waals surface area contributed by atoms with Crippen molar-refractivity contribution in [2.75, 3.05) is 0 Å². The molecule has 0 spiro atoms. The fourth-order valence-electron chi connectivity index (χ4n) is 4.00. The second-order valence-electron chi connectivity index (χ2n) is 7.92. The van der Waals surface area contributed by atoms with Crippen LogP contribution in [0.5, 0.6) is 0 Å². The largest absolute Gasteiger partial charge is 0.456 e. The molecule has 4 aromatic carbocycles. The fraction of sp³-hybridized carbons (Fsp3) is 0. The molecule has 4 nitrogen and oxygen atoms in total. The Morgan fingerprint density at radius 1 is 0.412 bits per heavy atom. The summed E-state index contributed by atoms with van der Waals surface area (Å²) in [5.74, 6) is 1.48. The summed E-state index contributed by atoms with van der Waals surface area (Å²) in [4.78, 5) is 0. The zero-order valence-electron chi connectivity index (χ0n) is 18.3. The summed E-state index contributed by atoms with van der Waals surface area (Å²) in [6.07, 6.45) is 0. The van der Waals surface area contributed by atoms with Crippen molar-refractivity contribution in [3.8, 4) is 22.6 Å². The van der Waals surface area contributed by atoms with E-state index in [1.54, 1.807) is 0 Å². The number of hydrogen-bond acceptors (Lipinski definition) is 4. The topological polar surface area (TPSA) is 51.0 Å². The van der Waals surface area contributed by atoms with Crippen LogP contribution in [0.2, 0.25) is 0 Å². The first-order valence-corrected chi connectivity index (χ1v) is 11.1. The first-order valence-electron chi connectivity index (χ1n) is 11.1. The number of hydrogen-bond donors (Lipinski definition) is 0. The lowest BCUT2D eigenvalue weighted by Gasteiger charge is -2.05. The van der Waals surface area contributed by atoms with Gasteiger partial charge in [-0.05, 0) is 24.3 Å². The Balaban J connectivity index is 1.61. The molecular weight excluding hydrogens is 420 g/mol. The van der Waals surface area contributed by atoms with Crippen LogP contribution in [0.25, 0.3) is 44.6 Å². The molecule has 4 heteroatoms. The van der Waals surface area contributed by atoms with Gasteiger partial charge in [0.1, 0.15) is 33.4 Å². The van der Waals surface area contributed by atoms with E-state index in [1.807, 2.05) is 121 Å². The lowest BCUT2D eigenvalue weighted by Crippen LogP contribution is -2.07. The molecule has 0 saturated carbocycles. The van der Waals surface area contributed by atoms with Crippen LogP contribution in [0.4, 0.5) is 0 Å². The SMILES string of the molecule is c1ccc(-c2cc(=NN=c3cc(-c4ccccc4)oc4ccccc34)c3ccccc3o2)cc1. The number of nitrogens with zero attached hydrogens (tertiary/aromatic N) is 2. The standard InChI is InChI=1S/C30H20N2O2/c1-3-11-21(12-4-1)29-19-25(23-15-7-9-17-27(23)33-29)31-32-26-20-30(22-13-5-2-6-14-22)34-28-18-10-8-16-24(26)28/h1-20H. The highest BCUT2D eigenvalue weighted by Crippen LogP contribution is 2.23. The summed E-state index contributed by atoms with van der Waals surface area (Å²) in [7, 11) is 0. The normalized spacial score (nSPS) is 12.5. The van der Waals surface area contributed by atoms with Gasteiger partial charge in [-0.15, -0.1) is 10.2 Å². The van der Waals surface area contributed by atoms with Gasteiger partial charge >= 0.3 is 0 Å². The Morgan fingerprint density at radius 2 is 0.794 bits per heavy atom. The molecule has 0 radical (unpaired) electrons. The molecule has 162 valence electrons. The minimum atomic E-state index is 0.742. The zero-order chi connectivity index (χ0) is 22.7. The molecule has 0 amide bonds. The van der Waals surface area contributed by atoms with E-state index in [1.165, 1.54) is 0 Å². The summed E-state index contributed by atoms with van der Waals surface area (Å²) in [6.45, 7) is 0. The molecular formula is C30H20N2O2. The molecule has 0 unspecified atom stereocenters. The fourth-order valence-corrected chi connectivity index (χ4v) is 4.00. The molecule has 2 heterocycles. The van der Waals surface area contributed by atoms with E-state index in [-0.39, 0.29) is 0 Å². The second-order valence-corrected chi connectivity index (χ2v) is 7.92. The van der Waals surface area contributed by atoms with E-state index in [0.717, 1.165) is 55.3 Å². The highest BCUT2D eigenvalue weighted by molar-refractivity contribution is 5.79. The Labute approximate surface area is 195 Å². The molecule has 0 N–H and O–H groups in total. The first-order chi connectivity index (χ1) is 16.8. The van der Waals surface area contributed by atoms with E-state index in [4.69, 9.17) is 19.0 Å². The molecule has 34 heavy (non-hydrogen) atoms. The van der Waals surface area contributed by atoms with Gasteiger partial charge in [-0.3, -0.25) is 0 Å². The van der Waals surface area contributed by atoms with Crippen molar-refractivity contribution in [3.05, 3.63) is 132 Å². The third-order valence-electron chi connectivity index (χ3n) is 5.68. The van der Waals surface area contributed by atoms with Crippen molar-refractivity contribution in [2.24, 2.45) is 10.2 Å². The Hall–Kier alpha value is -4.70. The van der Waals surface area contributed by atoms with Gasteiger partial charge in [-0.25, -0.2) is 0 Å². The molecule has 0 saturated heterocycles. The first kappa shape index (κ1) is 19.9. The zero-order valence-corrected chi connectivity index (χ0v) is 18.3. The lowest BCUT2D eigenvalue weighted by molar-refractivity contribution is 0.616. The van der Waals surface area contributed by atoms with Crippen LogP contribution in [-0.2, 0) is 0 Å². The predicted molar refractivity (Wildman–Crippen MR) is 134 cm³/mol. The van der Waals surface area contributed by atoms with Crippen LogP contribution in [0.3, 0.4) is 0 Å². The number of rotatable bonds is 3. The summed E-state index contributed by atoms with van der Waals surface area (Å²) in [6, 6.07) is 39.7. The van der Waals surface area contributed by atoms with Gasteiger partial charge < -0.3 is 8.83 Å². The van der Waals surface area contributed by atoms with Gasteiger partial charge in [0.25, 0.3) is 0 Å². The van der Waals surface area contributed by atoms with Crippen LogP contribution >= 0.6 is 0 Å². The molecule has 6 aromatic rings. The van der Waals surface area contributed by atoms with Crippen LogP contribution in [0, 0.1) is 0 Å². The highest BCUT2D eigenvalue weighted by atomic mass is 16.3. The molecule has 0 aliphatic carbocycles. The van der Waals surface area contributed by atoms with E-state index in [9.17, 15) is 0 Å². The molecule has 2 aromatic heterocycles. The molecule has 0 aliphatic rings. The second kappa shape index (κ2) is 8.68. The van der Waals surface area contributed by atoms with Crippen LogP contribution in [-0.4, -0.2) is 0 Å². The van der Waals surface area contributed by atoms with Crippen molar-refractivity contribution in [2.45, 2.75) is 0 Å². The van der Waals surface area contributed by atoms with E-state index >= 15 is 0 Å². The minimum absolute atomic E-state index is 0.742. The van der Waals surface area contributed by atoms with Gasteiger partial charge in [-0.2, -0.15) is 0 Å². The quantitative estimate of drug-likeness (QED) is 0.280. The van der Waals surface area contributed by atoms with Crippen LogP contribution in [0.15, 0.2) is 140 Å². The minimum Gasteiger partial charge on any atom is -0.456 e. The summed E-state index contributed by atoms with van der Waals surface area (Å²) >= 11 is 0. The van der Waals surface area contributed by atoms with Crippen molar-refractivity contribution in [1.29, 1.82) is 0 Å². The van der Waals surface area contributed by atoms with Crippen molar-refractivity contribution in [1.82, 2.24) is 0 Å². The van der Waals surface area contributed by atoms with Gasteiger partial charge in [0.15, 0.2) is 0 Å². The summed E-state index contributed by atoms with van der Waals surface area (Å²) in [5, 5.41) is 12.7. The van der Waals surface area contributed by atoms with Gasteiger partial charge in [0, 0.05) is 34.0 Å². The Kier molecular flexibility index (Phi) is 5.09. The third-order valence-corrected chi connectivity index (χ3v) is 5.68. The predicted octanol–water partition coefficient (Wildman–Crippen LogP) is 6.93. The maximum absolute atomic E-state index is 6.17. The smallest absolute Gasteiger partial charge is 0.136 e. The van der Waals surface area contributed by atoms with Gasteiger partial charge in [-0.1, -0.05) is 84.9 Å². The number of fused-ring (bicyclic) bond motifs is 2. The lowest BCUT2D eigenvalue weighted by atomic mass is 10.1. The molecule has 0 aliphatic heterocycles. The molecule has 0 fully saturated rings. The number of para-hydroxylation sites is 2. The highest BCUT2D eigenvalue weighted by Gasteiger charge is 2.07. The molecule has 0 atom stereocenters. The van der Waals surface area contributed by atoms with Crippen molar-refractivity contribution < 1.29 is 8.83 Å². The van der Waals surface area contributed by atoms with Gasteiger partial charge in [0.05, 0.1) is 0 Å². The average Bonchev–Trinajstić information content (AvgIpc) is 2.92. The van der Waals surface area contributed by atoms with Gasteiger partial charge in [0.2, 0.25) is 0 Å². The van der Waals surface area contributed by atoms with E-state index < -0.39 is 0 Å². The average molecular weight is 441 g/mol. The van der Waals surface area contributed by atoms with E-state index in [2.05, 4.69) is 0 Å². The Bertz CT molecular complexity index is 1620. The number of benzene rings is 4. The maximum Gasteiger partial charge on any atom is 0.136 e. The molecule has 0 bridgehead atoms. The monoisotopic (exact) mass is 440 g/mol. The van der Waals surface area contributed by atoms with Crippen LogP contribution < -0.4 is 10.7 Å². The van der Waals surface area contributed by atoms with Crippen molar-refractivity contribution in [3.63, 3.8) is 0 Å². The Morgan fingerprint density at radius 3 is 1.24 bits per heavy atom. The van der Waals surface area contributed by atoms with E-state index in [0.29, 0.717) is 0 Å². The van der Waals surface area contributed by atoms with Crippen molar-refractivity contribution >= 4 is 21.9 Å². The molecule has 6 rings (SSSR count). The third kappa shape index (κ3) is 3.82.